The molecule has 1 aromatic rings. The third-order valence-corrected chi connectivity index (χ3v) is 3.04. The molecule has 17 heavy (non-hydrogen) atoms. The highest BCUT2D eigenvalue weighted by Gasteiger charge is 2.08. The summed E-state index contributed by atoms with van der Waals surface area (Å²) in [6, 6.07) is 8.05. The smallest absolute Gasteiger partial charge is 0.226 e. The minimum Gasteiger partial charge on any atom is -0.344 e. The van der Waals surface area contributed by atoms with Gasteiger partial charge < -0.3 is 10.2 Å². The lowest BCUT2D eigenvalue weighted by molar-refractivity contribution is -0.129. The van der Waals surface area contributed by atoms with Gasteiger partial charge in [-0.1, -0.05) is 12.1 Å². The Hall–Kier alpha value is -0.330. The molecule has 0 saturated carbocycles. The van der Waals surface area contributed by atoms with E-state index in [1.165, 1.54) is 3.57 Å². The van der Waals surface area contributed by atoms with Gasteiger partial charge in [0, 0.05) is 23.7 Å². The van der Waals surface area contributed by atoms with Crippen molar-refractivity contribution in [3.05, 3.63) is 33.4 Å². The molecule has 0 heterocycles. The molecule has 1 N–H and O–H groups in total. The first-order valence-corrected chi connectivity index (χ1v) is 6.34. The fourth-order valence-corrected chi connectivity index (χ4v) is 1.97. The standard InChI is InChI=1S/C12H17IN2O.ClH/c1-14-6-7-15(2)12(16)9-10-4-3-5-11(13)8-10;/h3-5,8,14H,6-7,9H2,1-2H3;1H. The van der Waals surface area contributed by atoms with Crippen LogP contribution >= 0.6 is 35.0 Å². The van der Waals surface area contributed by atoms with Crippen LogP contribution in [0.5, 0.6) is 0 Å². The van der Waals surface area contributed by atoms with E-state index in [4.69, 9.17) is 0 Å². The second kappa shape index (κ2) is 8.72. The number of carbonyl (C=O) groups is 1. The molecule has 0 aliphatic heterocycles. The minimum absolute atomic E-state index is 0. The second-order valence-corrected chi connectivity index (χ2v) is 4.97. The fraction of sp³-hybridized carbons (Fsp3) is 0.417. The quantitative estimate of drug-likeness (QED) is 0.806. The van der Waals surface area contributed by atoms with E-state index in [0.29, 0.717) is 6.42 Å². The summed E-state index contributed by atoms with van der Waals surface area (Å²) in [5.74, 6) is 0.164. The van der Waals surface area contributed by atoms with Crippen molar-refractivity contribution in [2.24, 2.45) is 0 Å². The van der Waals surface area contributed by atoms with Crippen LogP contribution in [-0.2, 0) is 11.2 Å². The Bertz CT molecular complexity index is 360. The second-order valence-electron chi connectivity index (χ2n) is 3.73. The topological polar surface area (TPSA) is 32.3 Å². The number of carbonyl (C=O) groups excluding carboxylic acids is 1. The molecule has 0 aliphatic carbocycles. The molecule has 1 rings (SSSR count). The van der Waals surface area contributed by atoms with E-state index < -0.39 is 0 Å². The van der Waals surface area contributed by atoms with Gasteiger partial charge in [0.05, 0.1) is 6.42 Å². The molecule has 96 valence electrons. The summed E-state index contributed by atoms with van der Waals surface area (Å²) >= 11 is 2.26. The van der Waals surface area contributed by atoms with E-state index >= 15 is 0 Å². The highest BCUT2D eigenvalue weighted by atomic mass is 127. The van der Waals surface area contributed by atoms with E-state index in [1.54, 1.807) is 4.90 Å². The summed E-state index contributed by atoms with van der Waals surface area (Å²) in [6.07, 6.45) is 0.483. The molecule has 0 atom stereocenters. The third-order valence-electron chi connectivity index (χ3n) is 2.37. The number of hydrogen-bond donors (Lipinski definition) is 1. The Morgan fingerprint density at radius 3 is 2.76 bits per heavy atom. The molecule has 1 aromatic carbocycles. The zero-order valence-electron chi connectivity index (χ0n) is 10.1. The van der Waals surface area contributed by atoms with E-state index in [2.05, 4.69) is 27.9 Å². The molecule has 0 saturated heterocycles. The Morgan fingerprint density at radius 2 is 2.18 bits per heavy atom. The van der Waals surface area contributed by atoms with Crippen molar-refractivity contribution < 1.29 is 4.79 Å². The highest BCUT2D eigenvalue weighted by Crippen LogP contribution is 2.09. The van der Waals surface area contributed by atoms with Gasteiger partial charge >= 0.3 is 0 Å². The molecular formula is C12H18ClIN2O. The minimum atomic E-state index is 0. The predicted molar refractivity (Wildman–Crippen MR) is 81.7 cm³/mol. The largest absolute Gasteiger partial charge is 0.344 e. The predicted octanol–water partition coefficient (Wildman–Crippen LogP) is 1.93. The maximum Gasteiger partial charge on any atom is 0.226 e. The molecule has 0 bridgehead atoms. The van der Waals surface area contributed by atoms with Gasteiger partial charge in [0.2, 0.25) is 5.91 Å². The molecule has 0 aliphatic rings. The van der Waals surface area contributed by atoms with Crippen molar-refractivity contribution in [1.82, 2.24) is 10.2 Å². The van der Waals surface area contributed by atoms with E-state index in [1.807, 2.05) is 38.4 Å². The van der Waals surface area contributed by atoms with Crippen molar-refractivity contribution in [3.8, 4) is 0 Å². The highest BCUT2D eigenvalue weighted by molar-refractivity contribution is 14.1. The average molecular weight is 369 g/mol. The Labute approximate surface area is 123 Å². The number of nitrogens with one attached hydrogen (secondary N) is 1. The van der Waals surface area contributed by atoms with Crippen molar-refractivity contribution in [1.29, 1.82) is 0 Å². The number of benzene rings is 1. The Kier molecular flexibility index (Phi) is 8.55. The Morgan fingerprint density at radius 1 is 1.47 bits per heavy atom. The summed E-state index contributed by atoms with van der Waals surface area (Å²) in [5.41, 5.74) is 1.08. The van der Waals surface area contributed by atoms with E-state index in [0.717, 1.165) is 18.7 Å². The lowest BCUT2D eigenvalue weighted by Gasteiger charge is -2.16. The van der Waals surface area contributed by atoms with Gasteiger partial charge in [0.1, 0.15) is 0 Å². The SMILES string of the molecule is CNCCN(C)C(=O)Cc1cccc(I)c1.Cl. The van der Waals surface area contributed by atoms with E-state index in [-0.39, 0.29) is 18.3 Å². The number of halogens is 2. The maximum atomic E-state index is 11.8. The summed E-state index contributed by atoms with van der Waals surface area (Å²) in [6.45, 7) is 1.58. The lowest BCUT2D eigenvalue weighted by atomic mass is 10.1. The van der Waals surface area contributed by atoms with Gasteiger partial charge in [-0.15, -0.1) is 12.4 Å². The zero-order chi connectivity index (χ0) is 12.0. The van der Waals surface area contributed by atoms with E-state index in [9.17, 15) is 4.79 Å². The fourth-order valence-electron chi connectivity index (χ4n) is 1.36. The molecule has 0 fully saturated rings. The molecule has 0 aromatic heterocycles. The van der Waals surface area contributed by atoms with Gasteiger partial charge in [-0.25, -0.2) is 0 Å². The van der Waals surface area contributed by atoms with Crippen LogP contribution in [0.3, 0.4) is 0 Å². The molecule has 0 unspecified atom stereocenters. The van der Waals surface area contributed by atoms with Crippen LogP contribution in [0.1, 0.15) is 5.56 Å². The number of amides is 1. The summed E-state index contributed by atoms with van der Waals surface area (Å²) in [5, 5.41) is 3.03. The van der Waals surface area contributed by atoms with Crippen LogP contribution in [0.15, 0.2) is 24.3 Å². The number of rotatable bonds is 5. The monoisotopic (exact) mass is 368 g/mol. The van der Waals surface area contributed by atoms with Gasteiger partial charge in [-0.05, 0) is 47.3 Å². The Balaban J connectivity index is 0.00000256. The van der Waals surface area contributed by atoms with Crippen LogP contribution in [0.25, 0.3) is 0 Å². The van der Waals surface area contributed by atoms with Crippen LogP contribution in [-0.4, -0.2) is 38.0 Å². The molecule has 5 heteroatoms. The summed E-state index contributed by atoms with van der Waals surface area (Å²) in [4.78, 5) is 13.6. The van der Waals surface area contributed by atoms with Gasteiger partial charge in [0.15, 0.2) is 0 Å². The molecule has 1 amide bonds. The average Bonchev–Trinajstić information content (AvgIpc) is 2.25. The van der Waals surface area contributed by atoms with Gasteiger partial charge in [0.25, 0.3) is 0 Å². The van der Waals surface area contributed by atoms with Crippen molar-refractivity contribution >= 4 is 40.9 Å². The van der Waals surface area contributed by atoms with Gasteiger partial charge in [-0.2, -0.15) is 0 Å². The molecule has 3 nitrogen and oxygen atoms in total. The van der Waals surface area contributed by atoms with Crippen LogP contribution in [0, 0.1) is 3.57 Å². The first-order valence-electron chi connectivity index (χ1n) is 5.26. The van der Waals surface area contributed by atoms with Crippen LogP contribution in [0.4, 0.5) is 0 Å². The number of nitrogens with zero attached hydrogens (tertiary/aromatic N) is 1. The zero-order valence-corrected chi connectivity index (χ0v) is 13.0. The van der Waals surface area contributed by atoms with Crippen molar-refractivity contribution in [3.63, 3.8) is 0 Å². The van der Waals surface area contributed by atoms with Gasteiger partial charge in [-0.3, -0.25) is 4.79 Å². The molecular weight excluding hydrogens is 351 g/mol. The van der Waals surface area contributed by atoms with Crippen molar-refractivity contribution in [2.45, 2.75) is 6.42 Å². The normalized spacial score (nSPS) is 9.59. The molecule has 0 spiro atoms. The first-order chi connectivity index (χ1) is 7.63. The lowest BCUT2D eigenvalue weighted by Crippen LogP contribution is -2.33. The van der Waals surface area contributed by atoms with Crippen LogP contribution in [0.2, 0.25) is 0 Å². The summed E-state index contributed by atoms with van der Waals surface area (Å²) < 4.78 is 1.17. The summed E-state index contributed by atoms with van der Waals surface area (Å²) in [7, 11) is 3.73. The first kappa shape index (κ1) is 16.7. The third kappa shape index (κ3) is 6.24. The number of likely N-dealkylation sites (N-methyl/N-ethyl adjacent to an activating group) is 2. The van der Waals surface area contributed by atoms with Crippen LogP contribution < -0.4 is 5.32 Å². The molecule has 0 radical (unpaired) electrons. The number of hydrogen-bond acceptors (Lipinski definition) is 2. The van der Waals surface area contributed by atoms with Crippen molar-refractivity contribution in [2.75, 3.05) is 27.2 Å². The maximum absolute atomic E-state index is 11.8.